The van der Waals surface area contributed by atoms with Gasteiger partial charge in [-0.3, -0.25) is 9.59 Å². The Hall–Kier alpha value is -2.99. The lowest BCUT2D eigenvalue weighted by atomic mass is 10.0. The van der Waals surface area contributed by atoms with Crippen molar-refractivity contribution in [3.8, 4) is 16.9 Å². The minimum Gasteiger partial charge on any atom is -0.491 e. The fourth-order valence-corrected chi connectivity index (χ4v) is 3.26. The topological polar surface area (TPSA) is 104 Å². The van der Waals surface area contributed by atoms with Crippen LogP contribution in [0.25, 0.3) is 11.1 Å². The molecule has 2 aromatic rings. The SMILES string of the molecule is NC(=O)c1cc(-c2ccc(OCC3CO[C@@H]4[C@H](O3)C4(F)F)cc2)c(C(F)(F)F)[nH]c1=O. The van der Waals surface area contributed by atoms with Crippen LogP contribution in [0.3, 0.4) is 0 Å². The number of aromatic amines is 1. The lowest BCUT2D eigenvalue weighted by molar-refractivity contribution is -0.140. The molecule has 0 radical (unpaired) electrons. The largest absolute Gasteiger partial charge is 0.491 e. The highest BCUT2D eigenvalue weighted by Crippen LogP contribution is 2.49. The molecule has 1 aromatic heterocycles. The van der Waals surface area contributed by atoms with Gasteiger partial charge in [-0.05, 0) is 23.8 Å². The number of carbonyl (C=O) groups is 1. The molecule has 1 aliphatic carbocycles. The van der Waals surface area contributed by atoms with Crippen LogP contribution in [0.15, 0.2) is 35.1 Å². The third-order valence-corrected chi connectivity index (χ3v) is 4.92. The number of pyridine rings is 1. The third kappa shape index (κ3) is 4.00. The fourth-order valence-electron chi connectivity index (χ4n) is 3.26. The van der Waals surface area contributed by atoms with Crippen molar-refractivity contribution in [1.82, 2.24) is 4.98 Å². The maximum absolute atomic E-state index is 13.4. The fraction of sp³-hybridized carbons (Fsp3) is 0.368. The van der Waals surface area contributed by atoms with Crippen LogP contribution in [0.4, 0.5) is 22.0 Å². The average Bonchev–Trinajstić information content (AvgIpc) is 3.26. The first-order valence-electron chi connectivity index (χ1n) is 9.01. The van der Waals surface area contributed by atoms with Crippen LogP contribution in [0.2, 0.25) is 0 Å². The van der Waals surface area contributed by atoms with Crippen molar-refractivity contribution in [2.45, 2.75) is 30.4 Å². The van der Waals surface area contributed by atoms with E-state index in [1.54, 1.807) is 4.98 Å². The number of ether oxygens (including phenoxy) is 3. The van der Waals surface area contributed by atoms with E-state index in [-0.39, 0.29) is 24.5 Å². The van der Waals surface area contributed by atoms with E-state index in [4.69, 9.17) is 19.9 Å². The minimum atomic E-state index is -4.89. The minimum absolute atomic E-state index is 0.0381. The zero-order valence-electron chi connectivity index (χ0n) is 15.5. The number of carbonyl (C=O) groups excluding carboxylic acids is 1. The number of nitrogens with two attached hydrogens (primary N) is 1. The Kier molecular flexibility index (Phi) is 5.01. The summed E-state index contributed by atoms with van der Waals surface area (Å²) in [4.78, 5) is 24.7. The van der Waals surface area contributed by atoms with Gasteiger partial charge in [0.05, 0.1) is 6.61 Å². The Morgan fingerprint density at radius 3 is 2.48 bits per heavy atom. The summed E-state index contributed by atoms with van der Waals surface area (Å²) in [7, 11) is 0. The Labute approximate surface area is 170 Å². The highest BCUT2D eigenvalue weighted by molar-refractivity contribution is 5.94. The summed E-state index contributed by atoms with van der Waals surface area (Å²) < 4.78 is 82.2. The van der Waals surface area contributed by atoms with Gasteiger partial charge < -0.3 is 24.9 Å². The summed E-state index contributed by atoms with van der Waals surface area (Å²) in [5.74, 6) is -3.94. The van der Waals surface area contributed by atoms with E-state index in [1.165, 1.54) is 24.3 Å². The monoisotopic (exact) mass is 446 g/mol. The normalized spacial score (nSPS) is 24.4. The van der Waals surface area contributed by atoms with Crippen molar-refractivity contribution >= 4 is 5.91 Å². The van der Waals surface area contributed by atoms with Gasteiger partial charge in [0.15, 0.2) is 12.2 Å². The number of fused-ring (bicyclic) bond motifs is 1. The lowest BCUT2D eigenvalue weighted by Crippen LogP contribution is -2.33. The summed E-state index contributed by atoms with van der Waals surface area (Å²) >= 11 is 0. The van der Waals surface area contributed by atoms with Gasteiger partial charge in [-0.25, -0.2) is 8.78 Å². The molecular formula is C19H15F5N2O5. The molecule has 4 rings (SSSR count). The van der Waals surface area contributed by atoms with Crippen LogP contribution in [0, 0.1) is 0 Å². The zero-order valence-corrected chi connectivity index (χ0v) is 15.5. The number of primary amides is 1. The van der Waals surface area contributed by atoms with E-state index >= 15 is 0 Å². The molecule has 31 heavy (non-hydrogen) atoms. The molecule has 12 heteroatoms. The molecule has 166 valence electrons. The zero-order chi connectivity index (χ0) is 22.6. The molecule has 3 atom stereocenters. The number of rotatable bonds is 5. The van der Waals surface area contributed by atoms with Crippen LogP contribution >= 0.6 is 0 Å². The average molecular weight is 446 g/mol. The smallest absolute Gasteiger partial charge is 0.431 e. The number of amides is 1. The highest BCUT2D eigenvalue weighted by Gasteiger charge is 2.73. The Morgan fingerprint density at radius 2 is 1.90 bits per heavy atom. The predicted octanol–water partition coefficient (Wildman–Crippen LogP) is 2.34. The summed E-state index contributed by atoms with van der Waals surface area (Å²) in [6.45, 7) is -0.173. The van der Waals surface area contributed by atoms with Crippen molar-refractivity contribution in [2.75, 3.05) is 13.2 Å². The highest BCUT2D eigenvalue weighted by atomic mass is 19.4. The number of hydrogen-bond acceptors (Lipinski definition) is 5. The van der Waals surface area contributed by atoms with Crippen molar-refractivity contribution in [3.05, 3.63) is 51.9 Å². The number of hydrogen-bond donors (Lipinski definition) is 2. The number of benzene rings is 1. The van der Waals surface area contributed by atoms with Crippen molar-refractivity contribution < 1.29 is 41.0 Å². The van der Waals surface area contributed by atoms with Gasteiger partial charge in [-0.1, -0.05) is 12.1 Å². The number of H-pyrrole nitrogens is 1. The molecule has 3 N–H and O–H groups in total. The molecule has 1 unspecified atom stereocenters. The second-order valence-electron chi connectivity index (χ2n) is 7.11. The van der Waals surface area contributed by atoms with Gasteiger partial charge in [0, 0.05) is 5.56 Å². The van der Waals surface area contributed by atoms with E-state index in [1.807, 2.05) is 0 Å². The van der Waals surface area contributed by atoms with Crippen molar-refractivity contribution in [2.24, 2.45) is 5.73 Å². The molecule has 1 saturated heterocycles. The summed E-state index contributed by atoms with van der Waals surface area (Å²) in [5.41, 5.74) is 1.45. The van der Waals surface area contributed by atoms with E-state index in [9.17, 15) is 31.5 Å². The standard InChI is InChI=1S/C19H15F5N2O5/c20-18(21)14-15(18)31-10(7-30-14)6-29-9-3-1-8(2-4-9)11-5-12(16(25)27)17(28)26-13(11)19(22,23)24/h1-5,10,14-15H,6-7H2,(H2,25,27)(H,26,28)/t10?,14-,15+/m1/s1. The van der Waals surface area contributed by atoms with Gasteiger partial charge >= 0.3 is 12.1 Å². The first-order valence-corrected chi connectivity index (χ1v) is 9.01. The molecule has 1 aromatic carbocycles. The van der Waals surface area contributed by atoms with Gasteiger partial charge in [0.1, 0.15) is 29.7 Å². The molecule has 1 aliphatic heterocycles. The van der Waals surface area contributed by atoms with Crippen molar-refractivity contribution in [3.63, 3.8) is 0 Å². The molecule has 0 bridgehead atoms. The van der Waals surface area contributed by atoms with Crippen LogP contribution in [-0.4, -0.2) is 48.3 Å². The Balaban J connectivity index is 1.51. The van der Waals surface area contributed by atoms with Crippen LogP contribution in [-0.2, 0) is 15.7 Å². The van der Waals surface area contributed by atoms with Crippen LogP contribution in [0.5, 0.6) is 5.75 Å². The van der Waals surface area contributed by atoms with E-state index in [2.05, 4.69) is 0 Å². The molecule has 0 spiro atoms. The van der Waals surface area contributed by atoms with E-state index in [0.29, 0.717) is 0 Å². The lowest BCUT2D eigenvalue weighted by Gasteiger charge is -2.21. The third-order valence-electron chi connectivity index (χ3n) is 4.92. The predicted molar refractivity (Wildman–Crippen MR) is 94.9 cm³/mol. The number of alkyl halides is 5. The number of aromatic nitrogens is 1. The quantitative estimate of drug-likeness (QED) is 0.687. The molecule has 1 amide bonds. The first kappa shape index (κ1) is 21.2. The molecule has 7 nitrogen and oxygen atoms in total. The molecule has 2 fully saturated rings. The second kappa shape index (κ2) is 7.31. The Bertz CT molecular complexity index is 1070. The first-order chi connectivity index (χ1) is 14.5. The van der Waals surface area contributed by atoms with E-state index < -0.39 is 58.7 Å². The van der Waals surface area contributed by atoms with Gasteiger partial charge in [0.2, 0.25) is 0 Å². The Morgan fingerprint density at radius 1 is 1.23 bits per heavy atom. The number of nitrogens with one attached hydrogen (secondary N) is 1. The van der Waals surface area contributed by atoms with Gasteiger partial charge in [-0.2, -0.15) is 13.2 Å². The second-order valence-corrected chi connectivity index (χ2v) is 7.11. The van der Waals surface area contributed by atoms with Gasteiger partial charge in [-0.15, -0.1) is 0 Å². The van der Waals surface area contributed by atoms with Crippen LogP contribution < -0.4 is 16.0 Å². The maximum Gasteiger partial charge on any atom is 0.431 e. The molecule has 2 aliphatic rings. The summed E-state index contributed by atoms with van der Waals surface area (Å²) in [6.07, 6.45) is -8.13. The van der Waals surface area contributed by atoms with Crippen molar-refractivity contribution in [1.29, 1.82) is 0 Å². The molecule has 1 saturated carbocycles. The molecular weight excluding hydrogens is 431 g/mol. The number of halogens is 5. The van der Waals surface area contributed by atoms with E-state index in [0.717, 1.165) is 6.07 Å². The summed E-state index contributed by atoms with van der Waals surface area (Å²) in [6, 6.07) is 6.05. The summed E-state index contributed by atoms with van der Waals surface area (Å²) in [5, 5.41) is 0. The maximum atomic E-state index is 13.4. The molecule has 2 heterocycles. The van der Waals surface area contributed by atoms with Gasteiger partial charge in [0.25, 0.3) is 11.5 Å². The van der Waals surface area contributed by atoms with Crippen LogP contribution in [0.1, 0.15) is 16.1 Å².